The highest BCUT2D eigenvalue weighted by Crippen LogP contribution is 2.28. The Balaban J connectivity index is 1.31. The summed E-state index contributed by atoms with van der Waals surface area (Å²) in [5.74, 6) is 2.20. The van der Waals surface area contributed by atoms with Crippen LogP contribution >= 0.6 is 0 Å². The number of piperidine rings is 1. The first kappa shape index (κ1) is 23.0. The molecular formula is C26H39N5O. The van der Waals surface area contributed by atoms with E-state index in [0.29, 0.717) is 11.5 Å². The first-order chi connectivity index (χ1) is 15.7. The monoisotopic (exact) mass is 437 g/mol. The molecule has 4 rings (SSSR count). The van der Waals surface area contributed by atoms with Gasteiger partial charge in [-0.25, -0.2) is 9.97 Å². The molecule has 1 saturated carbocycles. The van der Waals surface area contributed by atoms with Crippen LogP contribution in [0.15, 0.2) is 37.1 Å². The zero-order valence-electron chi connectivity index (χ0n) is 19.6. The van der Waals surface area contributed by atoms with Crippen molar-refractivity contribution in [3.8, 4) is 5.82 Å². The van der Waals surface area contributed by atoms with E-state index in [1.807, 2.05) is 22.9 Å². The zero-order chi connectivity index (χ0) is 22.2. The number of aromatic nitrogens is 3. The summed E-state index contributed by atoms with van der Waals surface area (Å²) < 4.78 is 1.84. The summed E-state index contributed by atoms with van der Waals surface area (Å²) in [6.07, 6.45) is 19.9. The third kappa shape index (κ3) is 6.18. The van der Waals surface area contributed by atoms with E-state index in [4.69, 9.17) is 0 Å². The van der Waals surface area contributed by atoms with Crippen molar-refractivity contribution in [3.05, 3.63) is 42.6 Å². The lowest BCUT2D eigenvalue weighted by atomic mass is 9.83. The summed E-state index contributed by atoms with van der Waals surface area (Å²) in [7, 11) is 0. The van der Waals surface area contributed by atoms with Crippen molar-refractivity contribution < 1.29 is 4.79 Å². The lowest BCUT2D eigenvalue weighted by molar-refractivity contribution is 0.0852. The topological polar surface area (TPSA) is 63.1 Å². The molecule has 2 aromatic heterocycles. The van der Waals surface area contributed by atoms with Gasteiger partial charge in [-0.1, -0.05) is 39.0 Å². The van der Waals surface area contributed by atoms with Gasteiger partial charge >= 0.3 is 0 Å². The smallest absolute Gasteiger partial charge is 0.253 e. The first-order valence-corrected chi connectivity index (χ1v) is 12.7. The third-order valence-electron chi connectivity index (χ3n) is 7.32. The van der Waals surface area contributed by atoms with E-state index in [9.17, 15) is 4.79 Å². The minimum Gasteiger partial charge on any atom is -0.349 e. The quantitative estimate of drug-likeness (QED) is 0.570. The molecule has 1 amide bonds. The van der Waals surface area contributed by atoms with Crippen LogP contribution in [0, 0.1) is 11.8 Å². The highest BCUT2D eigenvalue weighted by Gasteiger charge is 2.30. The van der Waals surface area contributed by atoms with Crippen LogP contribution in [0.3, 0.4) is 0 Å². The molecule has 2 fully saturated rings. The Hall–Kier alpha value is -2.21. The van der Waals surface area contributed by atoms with Crippen LogP contribution in [-0.4, -0.2) is 51.0 Å². The fourth-order valence-electron chi connectivity index (χ4n) is 5.50. The molecule has 0 spiro atoms. The van der Waals surface area contributed by atoms with Crippen molar-refractivity contribution >= 4 is 5.91 Å². The van der Waals surface area contributed by atoms with E-state index >= 15 is 0 Å². The summed E-state index contributed by atoms with van der Waals surface area (Å²) in [5.41, 5.74) is 0.632. The Kier molecular flexibility index (Phi) is 8.32. The Morgan fingerprint density at radius 3 is 2.84 bits per heavy atom. The molecule has 0 aromatic carbocycles. The summed E-state index contributed by atoms with van der Waals surface area (Å²) in [4.78, 5) is 24.1. The molecular weight excluding hydrogens is 398 g/mol. The Morgan fingerprint density at radius 1 is 1.16 bits per heavy atom. The van der Waals surface area contributed by atoms with Gasteiger partial charge in [0.2, 0.25) is 0 Å². The van der Waals surface area contributed by atoms with Gasteiger partial charge in [0.05, 0.1) is 5.56 Å². The standard InChI is InChI=1S/C26H39N5O/c1-2-3-4-8-21-9-7-15-30(18-21)19-23-10-5-6-11-24(23)29-26(32)22-12-13-25(28-17-22)31-16-14-27-20-31/h12-14,16-17,20-21,23-24H,2-11,15,18-19H2,1H3,(H,29,32)/t21?,23-,24?/m0/s1. The van der Waals surface area contributed by atoms with E-state index in [1.54, 1.807) is 18.7 Å². The molecule has 2 unspecified atom stereocenters. The lowest BCUT2D eigenvalue weighted by Crippen LogP contribution is -2.48. The molecule has 0 radical (unpaired) electrons. The van der Waals surface area contributed by atoms with Crippen molar-refractivity contribution in [1.82, 2.24) is 24.8 Å². The van der Waals surface area contributed by atoms with Crippen molar-refractivity contribution in [2.45, 2.75) is 77.2 Å². The molecule has 2 aliphatic rings. The SMILES string of the molecule is CCCCCC1CCCN(C[C@@H]2CCCCC2NC(=O)c2ccc(-n3ccnc3)nc2)C1. The van der Waals surface area contributed by atoms with Crippen LogP contribution < -0.4 is 5.32 Å². The van der Waals surface area contributed by atoms with E-state index in [2.05, 4.69) is 27.1 Å². The van der Waals surface area contributed by atoms with E-state index < -0.39 is 0 Å². The van der Waals surface area contributed by atoms with Gasteiger partial charge in [-0.2, -0.15) is 0 Å². The van der Waals surface area contributed by atoms with Crippen LogP contribution in [0.5, 0.6) is 0 Å². The molecule has 1 aliphatic carbocycles. The Morgan fingerprint density at radius 2 is 2.06 bits per heavy atom. The van der Waals surface area contributed by atoms with Gasteiger partial charge in [-0.15, -0.1) is 0 Å². The van der Waals surface area contributed by atoms with Gasteiger partial charge < -0.3 is 10.2 Å². The number of nitrogens with zero attached hydrogens (tertiary/aromatic N) is 4. The number of imidazole rings is 1. The van der Waals surface area contributed by atoms with Crippen molar-refractivity contribution in [3.63, 3.8) is 0 Å². The number of unbranched alkanes of at least 4 members (excludes halogenated alkanes) is 2. The number of likely N-dealkylation sites (tertiary alicyclic amines) is 1. The van der Waals surface area contributed by atoms with Crippen LogP contribution in [-0.2, 0) is 0 Å². The maximum Gasteiger partial charge on any atom is 0.253 e. The molecule has 1 aliphatic heterocycles. The highest BCUT2D eigenvalue weighted by molar-refractivity contribution is 5.94. The highest BCUT2D eigenvalue weighted by atomic mass is 16.1. The van der Waals surface area contributed by atoms with Gasteiger partial charge in [0.15, 0.2) is 0 Å². The number of carbonyl (C=O) groups excluding carboxylic acids is 1. The van der Waals surface area contributed by atoms with Gasteiger partial charge in [0.1, 0.15) is 12.1 Å². The average Bonchev–Trinajstić information content (AvgIpc) is 3.36. The molecule has 1 N–H and O–H groups in total. The Bertz CT molecular complexity index is 819. The lowest BCUT2D eigenvalue weighted by Gasteiger charge is -2.39. The average molecular weight is 438 g/mol. The molecule has 3 atom stereocenters. The number of nitrogens with one attached hydrogen (secondary N) is 1. The largest absolute Gasteiger partial charge is 0.349 e. The van der Waals surface area contributed by atoms with E-state index in [1.165, 1.54) is 70.9 Å². The number of pyridine rings is 1. The van der Waals surface area contributed by atoms with Crippen molar-refractivity contribution in [2.24, 2.45) is 11.8 Å². The van der Waals surface area contributed by atoms with Gasteiger partial charge in [0.25, 0.3) is 5.91 Å². The van der Waals surface area contributed by atoms with Crippen LogP contribution in [0.25, 0.3) is 5.82 Å². The Labute approximate surface area is 192 Å². The van der Waals surface area contributed by atoms with Crippen LogP contribution in [0.4, 0.5) is 0 Å². The summed E-state index contributed by atoms with van der Waals surface area (Å²) in [6, 6.07) is 4.01. The number of carbonyl (C=O) groups is 1. The number of rotatable bonds is 9. The van der Waals surface area contributed by atoms with Crippen molar-refractivity contribution in [2.75, 3.05) is 19.6 Å². The maximum atomic E-state index is 13.0. The van der Waals surface area contributed by atoms with Gasteiger partial charge in [0, 0.05) is 37.7 Å². The number of hydrogen-bond acceptors (Lipinski definition) is 4. The van der Waals surface area contributed by atoms with Crippen molar-refractivity contribution in [1.29, 1.82) is 0 Å². The summed E-state index contributed by atoms with van der Waals surface area (Å²) in [5, 5.41) is 3.36. The molecule has 6 nitrogen and oxygen atoms in total. The van der Waals surface area contributed by atoms with E-state index in [-0.39, 0.29) is 11.9 Å². The second-order valence-electron chi connectivity index (χ2n) is 9.76. The predicted molar refractivity (Wildman–Crippen MR) is 128 cm³/mol. The maximum absolute atomic E-state index is 13.0. The molecule has 3 heterocycles. The minimum absolute atomic E-state index is 0.00247. The molecule has 2 aromatic rings. The zero-order valence-corrected chi connectivity index (χ0v) is 19.6. The van der Waals surface area contributed by atoms with Crippen LogP contribution in [0.1, 0.15) is 81.5 Å². The summed E-state index contributed by atoms with van der Waals surface area (Å²) in [6.45, 7) is 5.89. The molecule has 174 valence electrons. The predicted octanol–water partition coefficient (Wildman–Crippen LogP) is 4.85. The fourth-order valence-corrected chi connectivity index (χ4v) is 5.50. The molecule has 32 heavy (non-hydrogen) atoms. The fraction of sp³-hybridized carbons (Fsp3) is 0.654. The molecule has 6 heteroatoms. The number of hydrogen-bond donors (Lipinski definition) is 1. The van der Waals surface area contributed by atoms with E-state index in [0.717, 1.165) is 24.7 Å². The first-order valence-electron chi connectivity index (χ1n) is 12.7. The van der Waals surface area contributed by atoms with Gasteiger partial charge in [-0.3, -0.25) is 9.36 Å². The molecule has 0 bridgehead atoms. The number of amides is 1. The second-order valence-corrected chi connectivity index (χ2v) is 9.76. The normalized spacial score (nSPS) is 24.3. The molecule has 1 saturated heterocycles. The second kappa shape index (κ2) is 11.6. The minimum atomic E-state index is 0.00247. The van der Waals surface area contributed by atoms with Gasteiger partial charge in [-0.05, 0) is 62.6 Å². The third-order valence-corrected chi connectivity index (χ3v) is 7.32. The summed E-state index contributed by atoms with van der Waals surface area (Å²) >= 11 is 0. The van der Waals surface area contributed by atoms with Crippen LogP contribution in [0.2, 0.25) is 0 Å².